The summed E-state index contributed by atoms with van der Waals surface area (Å²) in [5, 5.41) is 11.0. The fraction of sp³-hybridized carbons (Fsp3) is 0.581. The lowest BCUT2D eigenvalue weighted by atomic mass is 9.99. The SMILES string of the molecule is C[C@@H]1CN(C[C@H](O)CN2CCc3ccccc3C2)C(=O)c2ccc(OC3CC4CCC(C3)N4CCF)cc2O1. The topological polar surface area (TPSA) is 65.5 Å². The number of rotatable bonds is 8. The number of aliphatic hydroxyl groups is 1. The van der Waals surface area contributed by atoms with E-state index in [4.69, 9.17) is 9.47 Å². The molecule has 210 valence electrons. The Morgan fingerprint density at radius 3 is 2.64 bits per heavy atom. The van der Waals surface area contributed by atoms with Crippen LogP contribution in [0.4, 0.5) is 4.39 Å². The molecular formula is C31H40FN3O4. The zero-order valence-electron chi connectivity index (χ0n) is 22.8. The number of hydrogen-bond donors (Lipinski definition) is 1. The maximum Gasteiger partial charge on any atom is 0.257 e. The van der Waals surface area contributed by atoms with Crippen LogP contribution in [0.3, 0.4) is 0 Å². The Hall–Kier alpha value is -2.68. The van der Waals surface area contributed by atoms with E-state index in [9.17, 15) is 14.3 Å². The van der Waals surface area contributed by atoms with Crippen LogP contribution in [0, 0.1) is 0 Å². The summed E-state index contributed by atoms with van der Waals surface area (Å²) in [5.41, 5.74) is 3.20. The number of benzene rings is 2. The molecule has 1 amide bonds. The first-order valence-electron chi connectivity index (χ1n) is 14.5. The molecule has 2 aromatic carbocycles. The minimum atomic E-state index is -0.644. The number of aliphatic hydroxyl groups excluding tert-OH is 1. The van der Waals surface area contributed by atoms with Gasteiger partial charge in [-0.25, -0.2) is 4.39 Å². The highest BCUT2D eigenvalue weighted by molar-refractivity contribution is 5.97. The highest BCUT2D eigenvalue weighted by Crippen LogP contribution is 2.38. The van der Waals surface area contributed by atoms with Gasteiger partial charge < -0.3 is 19.5 Å². The van der Waals surface area contributed by atoms with Crippen molar-refractivity contribution >= 4 is 5.91 Å². The van der Waals surface area contributed by atoms with E-state index in [0.717, 1.165) is 45.2 Å². The van der Waals surface area contributed by atoms with Crippen LogP contribution in [0.2, 0.25) is 0 Å². The van der Waals surface area contributed by atoms with Gasteiger partial charge in [-0.1, -0.05) is 24.3 Å². The van der Waals surface area contributed by atoms with Crippen molar-refractivity contribution in [3.05, 3.63) is 59.2 Å². The molecule has 8 heteroatoms. The van der Waals surface area contributed by atoms with Crippen LogP contribution in [0.5, 0.6) is 11.5 Å². The summed E-state index contributed by atoms with van der Waals surface area (Å²) < 4.78 is 25.5. The van der Waals surface area contributed by atoms with Crippen LogP contribution in [-0.4, -0.2) is 95.5 Å². The van der Waals surface area contributed by atoms with E-state index in [1.165, 1.54) is 11.1 Å². The van der Waals surface area contributed by atoms with Crippen molar-refractivity contribution in [2.24, 2.45) is 0 Å². The summed E-state index contributed by atoms with van der Waals surface area (Å²) in [5.74, 6) is 1.12. The van der Waals surface area contributed by atoms with Crippen LogP contribution < -0.4 is 9.47 Å². The molecular weight excluding hydrogens is 497 g/mol. The number of carbonyl (C=O) groups excluding carboxylic acids is 1. The Morgan fingerprint density at radius 2 is 1.87 bits per heavy atom. The molecule has 4 aliphatic heterocycles. The number of fused-ring (bicyclic) bond motifs is 4. The molecule has 0 radical (unpaired) electrons. The van der Waals surface area contributed by atoms with Gasteiger partial charge in [-0.2, -0.15) is 0 Å². The second kappa shape index (κ2) is 11.4. The molecule has 2 unspecified atom stereocenters. The molecule has 7 nitrogen and oxygen atoms in total. The monoisotopic (exact) mass is 537 g/mol. The number of amides is 1. The lowest BCUT2D eigenvalue weighted by molar-refractivity contribution is 0.0449. The third-order valence-corrected chi connectivity index (χ3v) is 8.87. The number of hydrogen-bond acceptors (Lipinski definition) is 6. The summed E-state index contributed by atoms with van der Waals surface area (Å²) in [4.78, 5) is 19.8. The number of alkyl halides is 1. The van der Waals surface area contributed by atoms with E-state index < -0.39 is 6.10 Å². The van der Waals surface area contributed by atoms with Crippen molar-refractivity contribution < 1.29 is 23.8 Å². The fourth-order valence-electron chi connectivity index (χ4n) is 7.12. The van der Waals surface area contributed by atoms with Crippen molar-refractivity contribution in [2.45, 2.75) is 76.0 Å². The van der Waals surface area contributed by atoms with Gasteiger partial charge in [0.15, 0.2) is 0 Å². The van der Waals surface area contributed by atoms with E-state index in [1.54, 1.807) is 11.0 Å². The van der Waals surface area contributed by atoms with Gasteiger partial charge in [0, 0.05) is 50.9 Å². The number of halogens is 1. The van der Waals surface area contributed by atoms with Gasteiger partial charge in [0.05, 0.1) is 18.2 Å². The van der Waals surface area contributed by atoms with Crippen LogP contribution in [0.25, 0.3) is 0 Å². The number of piperidine rings is 1. The lowest BCUT2D eigenvalue weighted by Gasteiger charge is -2.38. The number of ether oxygens (including phenoxy) is 2. The van der Waals surface area contributed by atoms with E-state index in [-0.39, 0.29) is 31.3 Å². The summed E-state index contributed by atoms with van der Waals surface area (Å²) in [7, 11) is 0. The third kappa shape index (κ3) is 5.79. The molecule has 0 aromatic heterocycles. The standard InChI is InChI=1S/C31H40FN3O4/c1-21-17-34(20-26(36)19-33-12-10-22-4-2-3-5-23(22)18-33)31(37)29-9-8-27(16-30(29)38-21)39-28-14-24-6-7-25(15-28)35(24)13-11-32/h2-5,8-9,16,21,24-26,28,36H,6-7,10-15,17-20H2,1H3/t21-,24?,25?,26-,28?/m1/s1. The van der Waals surface area contributed by atoms with Gasteiger partial charge in [-0.05, 0) is 62.3 Å². The zero-order chi connectivity index (χ0) is 26.9. The molecule has 4 atom stereocenters. The lowest BCUT2D eigenvalue weighted by Crippen LogP contribution is -2.47. The predicted octanol–water partition coefficient (Wildman–Crippen LogP) is 3.67. The second-order valence-electron chi connectivity index (χ2n) is 11.7. The maximum atomic E-state index is 13.5. The Bertz CT molecular complexity index is 1160. The van der Waals surface area contributed by atoms with E-state index in [0.29, 0.717) is 48.8 Å². The van der Waals surface area contributed by atoms with E-state index in [2.05, 4.69) is 34.1 Å². The Morgan fingerprint density at radius 1 is 1.10 bits per heavy atom. The normalized spacial score (nSPS) is 27.9. The van der Waals surface area contributed by atoms with Gasteiger partial charge in [0.25, 0.3) is 5.91 Å². The molecule has 6 rings (SSSR count). The summed E-state index contributed by atoms with van der Waals surface area (Å²) in [6, 6.07) is 14.7. The Balaban J connectivity index is 1.08. The molecule has 2 aromatic rings. The van der Waals surface area contributed by atoms with Crippen LogP contribution in [0.15, 0.2) is 42.5 Å². The first kappa shape index (κ1) is 26.5. The first-order valence-corrected chi connectivity index (χ1v) is 14.5. The predicted molar refractivity (Wildman–Crippen MR) is 147 cm³/mol. The summed E-state index contributed by atoms with van der Waals surface area (Å²) in [6.45, 7) is 5.11. The van der Waals surface area contributed by atoms with Gasteiger partial charge in [0.1, 0.15) is 30.4 Å². The molecule has 0 aliphatic carbocycles. The highest BCUT2D eigenvalue weighted by atomic mass is 19.1. The molecule has 2 saturated heterocycles. The smallest absolute Gasteiger partial charge is 0.257 e. The Kier molecular flexibility index (Phi) is 7.78. The summed E-state index contributed by atoms with van der Waals surface area (Å²) >= 11 is 0. The molecule has 2 bridgehead atoms. The first-order chi connectivity index (χ1) is 19.0. The van der Waals surface area contributed by atoms with Crippen molar-refractivity contribution in [2.75, 3.05) is 39.4 Å². The van der Waals surface area contributed by atoms with E-state index in [1.807, 2.05) is 19.1 Å². The number of carbonyl (C=O) groups is 1. The minimum absolute atomic E-state index is 0.0868. The van der Waals surface area contributed by atoms with Crippen molar-refractivity contribution in [3.8, 4) is 11.5 Å². The average Bonchev–Trinajstić information content (AvgIpc) is 3.08. The quantitative estimate of drug-likeness (QED) is 0.555. The fourth-order valence-corrected chi connectivity index (χ4v) is 7.12. The second-order valence-corrected chi connectivity index (χ2v) is 11.7. The molecule has 1 N–H and O–H groups in total. The maximum absolute atomic E-state index is 13.5. The summed E-state index contributed by atoms with van der Waals surface area (Å²) in [6.07, 6.45) is 4.23. The third-order valence-electron chi connectivity index (χ3n) is 8.87. The molecule has 4 aliphatic rings. The largest absolute Gasteiger partial charge is 0.490 e. The Labute approximate surface area is 230 Å². The molecule has 39 heavy (non-hydrogen) atoms. The van der Waals surface area contributed by atoms with Gasteiger partial charge in [0.2, 0.25) is 0 Å². The van der Waals surface area contributed by atoms with Crippen LogP contribution in [0.1, 0.15) is 54.1 Å². The van der Waals surface area contributed by atoms with Gasteiger partial charge in [-0.15, -0.1) is 0 Å². The average molecular weight is 538 g/mol. The van der Waals surface area contributed by atoms with Gasteiger partial charge >= 0.3 is 0 Å². The van der Waals surface area contributed by atoms with Crippen LogP contribution in [-0.2, 0) is 13.0 Å². The minimum Gasteiger partial charge on any atom is -0.490 e. The zero-order valence-corrected chi connectivity index (χ0v) is 22.8. The number of β-amino-alcohol motifs (C(OH)–C–C–N with tert-alkyl or cyclic N) is 1. The van der Waals surface area contributed by atoms with E-state index >= 15 is 0 Å². The molecule has 2 fully saturated rings. The molecule has 0 saturated carbocycles. The highest BCUT2D eigenvalue weighted by Gasteiger charge is 2.41. The molecule has 0 spiro atoms. The molecule has 4 heterocycles. The van der Waals surface area contributed by atoms with Crippen molar-refractivity contribution in [3.63, 3.8) is 0 Å². The van der Waals surface area contributed by atoms with Gasteiger partial charge in [-0.3, -0.25) is 14.6 Å². The number of nitrogens with zero attached hydrogens (tertiary/aromatic N) is 3. The van der Waals surface area contributed by atoms with Crippen molar-refractivity contribution in [1.82, 2.24) is 14.7 Å². The van der Waals surface area contributed by atoms with Crippen molar-refractivity contribution in [1.29, 1.82) is 0 Å². The van der Waals surface area contributed by atoms with Crippen LogP contribution >= 0.6 is 0 Å².